The third kappa shape index (κ3) is 3.03. The van der Waals surface area contributed by atoms with E-state index < -0.39 is 5.97 Å². The molecule has 0 heterocycles. The molecule has 2 aromatic carbocycles. The third-order valence-corrected chi connectivity index (χ3v) is 3.01. The fraction of sp³-hybridized carbons (Fsp3) is 0. The van der Waals surface area contributed by atoms with Crippen molar-refractivity contribution in [3.05, 3.63) is 63.5 Å². The molecule has 0 unspecified atom stereocenters. The number of ether oxygens (including phenoxy) is 1. The van der Waals surface area contributed by atoms with Gasteiger partial charge < -0.3 is 4.74 Å². The molecule has 0 radical (unpaired) electrons. The van der Waals surface area contributed by atoms with E-state index in [2.05, 4.69) is 22.6 Å². The van der Waals surface area contributed by atoms with Crippen LogP contribution in [0.3, 0.4) is 0 Å². The van der Waals surface area contributed by atoms with Crippen LogP contribution in [-0.4, -0.2) is 5.97 Å². The SMILES string of the molecule is O=C(Oc1ccccc1I)c1ccc(F)cc1. The van der Waals surface area contributed by atoms with Gasteiger partial charge in [0.05, 0.1) is 9.13 Å². The van der Waals surface area contributed by atoms with Gasteiger partial charge in [0, 0.05) is 0 Å². The Bertz CT molecular complexity index is 537. The average molecular weight is 342 g/mol. The van der Waals surface area contributed by atoms with E-state index in [1.54, 1.807) is 12.1 Å². The molecule has 0 aliphatic rings. The summed E-state index contributed by atoms with van der Waals surface area (Å²) in [6, 6.07) is 12.4. The lowest BCUT2D eigenvalue weighted by Gasteiger charge is -2.05. The van der Waals surface area contributed by atoms with Crippen LogP contribution in [0.5, 0.6) is 5.75 Å². The highest BCUT2D eigenvalue weighted by molar-refractivity contribution is 14.1. The van der Waals surface area contributed by atoms with Crippen LogP contribution in [0.2, 0.25) is 0 Å². The molecule has 0 aliphatic carbocycles. The smallest absolute Gasteiger partial charge is 0.343 e. The lowest BCUT2D eigenvalue weighted by atomic mass is 10.2. The standard InChI is InChI=1S/C13H8FIO2/c14-10-7-5-9(6-8-10)13(16)17-12-4-2-1-3-11(12)15/h1-8H. The summed E-state index contributed by atoms with van der Waals surface area (Å²) in [7, 11) is 0. The largest absolute Gasteiger partial charge is 0.422 e. The van der Waals surface area contributed by atoms with Crippen molar-refractivity contribution in [3.63, 3.8) is 0 Å². The first-order chi connectivity index (χ1) is 8.16. The molecule has 2 aromatic rings. The number of benzene rings is 2. The Kier molecular flexibility index (Phi) is 3.73. The van der Waals surface area contributed by atoms with E-state index in [-0.39, 0.29) is 5.82 Å². The Morgan fingerprint density at radius 1 is 1.06 bits per heavy atom. The average Bonchev–Trinajstić information content (AvgIpc) is 2.33. The number of hydrogen-bond acceptors (Lipinski definition) is 2. The Labute approximate surface area is 112 Å². The first kappa shape index (κ1) is 12.0. The van der Waals surface area contributed by atoms with Crippen LogP contribution in [0.4, 0.5) is 4.39 Å². The summed E-state index contributed by atoms with van der Waals surface area (Å²) in [5.74, 6) is -0.368. The second-order valence-electron chi connectivity index (χ2n) is 3.33. The van der Waals surface area contributed by atoms with Crippen molar-refractivity contribution in [1.82, 2.24) is 0 Å². The summed E-state index contributed by atoms with van der Waals surface area (Å²) in [4.78, 5) is 11.7. The van der Waals surface area contributed by atoms with Gasteiger partial charge in [0.1, 0.15) is 11.6 Å². The number of halogens is 2. The van der Waals surface area contributed by atoms with E-state index in [1.165, 1.54) is 24.3 Å². The molecule has 0 spiro atoms. The molecule has 0 atom stereocenters. The minimum Gasteiger partial charge on any atom is -0.422 e. The molecule has 0 bridgehead atoms. The van der Waals surface area contributed by atoms with Crippen LogP contribution < -0.4 is 4.74 Å². The summed E-state index contributed by atoms with van der Waals surface area (Å²) >= 11 is 2.08. The van der Waals surface area contributed by atoms with Gasteiger partial charge in [0.25, 0.3) is 0 Å². The highest BCUT2D eigenvalue weighted by Crippen LogP contribution is 2.20. The van der Waals surface area contributed by atoms with Crippen LogP contribution in [-0.2, 0) is 0 Å². The van der Waals surface area contributed by atoms with E-state index in [4.69, 9.17) is 4.74 Å². The minimum absolute atomic E-state index is 0.325. The fourth-order valence-electron chi connectivity index (χ4n) is 1.27. The minimum atomic E-state index is -0.492. The molecular formula is C13H8FIO2. The predicted molar refractivity (Wildman–Crippen MR) is 70.5 cm³/mol. The summed E-state index contributed by atoms with van der Waals surface area (Å²) in [5, 5.41) is 0. The lowest BCUT2D eigenvalue weighted by molar-refractivity contribution is 0.0733. The first-order valence-electron chi connectivity index (χ1n) is 4.89. The molecule has 86 valence electrons. The van der Waals surface area contributed by atoms with Gasteiger partial charge in [-0.25, -0.2) is 9.18 Å². The van der Waals surface area contributed by atoms with Gasteiger partial charge in [-0.1, -0.05) is 12.1 Å². The first-order valence-corrected chi connectivity index (χ1v) is 5.97. The van der Waals surface area contributed by atoms with Crippen molar-refractivity contribution in [3.8, 4) is 5.75 Å². The number of para-hydroxylation sites is 1. The zero-order chi connectivity index (χ0) is 12.3. The highest BCUT2D eigenvalue weighted by Gasteiger charge is 2.10. The maximum absolute atomic E-state index is 12.7. The Balaban J connectivity index is 2.17. The zero-order valence-corrected chi connectivity index (χ0v) is 10.8. The summed E-state index contributed by atoms with van der Waals surface area (Å²) in [5.41, 5.74) is 0.325. The zero-order valence-electron chi connectivity index (χ0n) is 8.69. The molecule has 17 heavy (non-hydrogen) atoms. The highest BCUT2D eigenvalue weighted by atomic mass is 127. The Morgan fingerprint density at radius 2 is 1.71 bits per heavy atom. The van der Waals surface area contributed by atoms with Gasteiger partial charge in [-0.05, 0) is 59.0 Å². The van der Waals surface area contributed by atoms with Crippen LogP contribution in [0, 0.1) is 9.39 Å². The molecule has 0 N–H and O–H groups in total. The van der Waals surface area contributed by atoms with E-state index >= 15 is 0 Å². The van der Waals surface area contributed by atoms with Gasteiger partial charge in [-0.3, -0.25) is 0 Å². The Hall–Kier alpha value is -1.43. The van der Waals surface area contributed by atoms with E-state index in [9.17, 15) is 9.18 Å². The number of carbonyl (C=O) groups excluding carboxylic acids is 1. The molecule has 0 aromatic heterocycles. The van der Waals surface area contributed by atoms with Gasteiger partial charge in [-0.15, -0.1) is 0 Å². The van der Waals surface area contributed by atoms with Crippen LogP contribution in [0.15, 0.2) is 48.5 Å². The molecular weight excluding hydrogens is 334 g/mol. The molecule has 0 saturated heterocycles. The Morgan fingerprint density at radius 3 is 2.35 bits per heavy atom. The molecule has 2 nitrogen and oxygen atoms in total. The van der Waals surface area contributed by atoms with E-state index in [0.29, 0.717) is 11.3 Å². The van der Waals surface area contributed by atoms with Crippen LogP contribution in [0.1, 0.15) is 10.4 Å². The summed E-state index contributed by atoms with van der Waals surface area (Å²) in [6.45, 7) is 0. The van der Waals surface area contributed by atoms with E-state index in [0.717, 1.165) is 3.57 Å². The lowest BCUT2D eigenvalue weighted by Crippen LogP contribution is -2.09. The van der Waals surface area contributed by atoms with Crippen molar-refractivity contribution in [2.24, 2.45) is 0 Å². The van der Waals surface area contributed by atoms with Gasteiger partial charge in [0.15, 0.2) is 0 Å². The number of carbonyl (C=O) groups is 1. The summed E-state index contributed by atoms with van der Waals surface area (Å²) in [6.07, 6.45) is 0. The molecule has 0 aliphatic heterocycles. The van der Waals surface area contributed by atoms with Gasteiger partial charge in [0.2, 0.25) is 0 Å². The quantitative estimate of drug-likeness (QED) is 0.473. The topological polar surface area (TPSA) is 26.3 Å². The number of rotatable bonds is 2. The maximum atomic E-state index is 12.7. The molecule has 0 amide bonds. The predicted octanol–water partition coefficient (Wildman–Crippen LogP) is 3.65. The monoisotopic (exact) mass is 342 g/mol. The molecule has 2 rings (SSSR count). The van der Waals surface area contributed by atoms with Gasteiger partial charge in [-0.2, -0.15) is 0 Å². The second kappa shape index (κ2) is 5.27. The normalized spacial score (nSPS) is 10.0. The second-order valence-corrected chi connectivity index (χ2v) is 4.49. The van der Waals surface area contributed by atoms with Gasteiger partial charge >= 0.3 is 5.97 Å². The van der Waals surface area contributed by atoms with E-state index in [1.807, 2.05) is 12.1 Å². The molecule has 4 heteroatoms. The molecule has 0 saturated carbocycles. The van der Waals surface area contributed by atoms with Crippen molar-refractivity contribution >= 4 is 28.6 Å². The van der Waals surface area contributed by atoms with Crippen molar-refractivity contribution in [1.29, 1.82) is 0 Å². The van der Waals surface area contributed by atoms with Crippen molar-refractivity contribution < 1.29 is 13.9 Å². The van der Waals surface area contributed by atoms with Crippen LogP contribution >= 0.6 is 22.6 Å². The van der Waals surface area contributed by atoms with Crippen molar-refractivity contribution in [2.75, 3.05) is 0 Å². The third-order valence-electron chi connectivity index (χ3n) is 2.12. The number of hydrogen-bond donors (Lipinski definition) is 0. The molecule has 0 fully saturated rings. The summed E-state index contributed by atoms with van der Waals surface area (Å²) < 4.78 is 18.7. The van der Waals surface area contributed by atoms with Crippen LogP contribution in [0.25, 0.3) is 0 Å². The van der Waals surface area contributed by atoms with Crippen molar-refractivity contribution in [2.45, 2.75) is 0 Å². The fourth-order valence-corrected chi connectivity index (χ4v) is 1.77. The maximum Gasteiger partial charge on any atom is 0.343 e. The number of esters is 1.